The third-order valence-electron chi connectivity index (χ3n) is 4.19. The maximum Gasteiger partial charge on any atom is 0.501 e. The summed E-state index contributed by atoms with van der Waals surface area (Å²) in [5, 5.41) is 9.99. The van der Waals surface area contributed by atoms with Crippen molar-refractivity contribution in [3.63, 3.8) is 0 Å². The van der Waals surface area contributed by atoms with Gasteiger partial charge in [-0.15, -0.1) is 0 Å². The lowest BCUT2D eigenvalue weighted by atomic mass is 10.0. The van der Waals surface area contributed by atoms with E-state index in [9.17, 15) is 26.4 Å². The third kappa shape index (κ3) is 5.63. The molecule has 0 bridgehead atoms. The van der Waals surface area contributed by atoms with Crippen LogP contribution in [-0.2, 0) is 24.3 Å². The zero-order valence-corrected chi connectivity index (χ0v) is 18.1. The van der Waals surface area contributed by atoms with Crippen LogP contribution in [0.3, 0.4) is 0 Å². The van der Waals surface area contributed by atoms with E-state index in [4.69, 9.17) is 9.68 Å². The minimum Gasteiger partial charge on any atom is -0.398 e. The summed E-state index contributed by atoms with van der Waals surface area (Å²) in [7, 11) is -2.76. The molecule has 2 rings (SSSR count). The smallest absolute Gasteiger partial charge is 0.398 e. The Morgan fingerprint density at radius 3 is 2.47 bits per heavy atom. The Balaban J connectivity index is 2.26. The summed E-state index contributed by atoms with van der Waals surface area (Å²) in [5.41, 5.74) is -4.40. The molecule has 0 aliphatic heterocycles. The summed E-state index contributed by atoms with van der Waals surface area (Å²) in [6.07, 6.45) is 0.420. The van der Waals surface area contributed by atoms with E-state index < -0.39 is 32.3 Å². The van der Waals surface area contributed by atoms with Crippen LogP contribution in [0.4, 0.5) is 13.2 Å². The predicted octanol–water partition coefficient (Wildman–Crippen LogP) is 3.19. The van der Waals surface area contributed by atoms with Crippen LogP contribution in [0.2, 0.25) is 0 Å². The minimum absolute atomic E-state index is 0.00448. The average molecular weight is 471 g/mol. The van der Waals surface area contributed by atoms with Crippen molar-refractivity contribution in [2.24, 2.45) is 10.3 Å². The Morgan fingerprint density at radius 1 is 1.16 bits per heavy atom. The van der Waals surface area contributed by atoms with Gasteiger partial charge in [-0.2, -0.15) is 13.2 Å². The summed E-state index contributed by atoms with van der Waals surface area (Å²) in [6.45, 7) is 1.49. The van der Waals surface area contributed by atoms with Crippen LogP contribution in [0, 0.1) is 0 Å². The SMILES string of the molecule is CNC(=O)/C(=N/OC)c1ccccc1/C=N/OC(C)c1cccc(S(=O)(=O)C(F)(F)F)c1. The van der Waals surface area contributed by atoms with Crippen LogP contribution < -0.4 is 5.32 Å². The Morgan fingerprint density at radius 2 is 1.84 bits per heavy atom. The van der Waals surface area contributed by atoms with Gasteiger partial charge in [0.1, 0.15) is 13.2 Å². The molecular formula is C20H20F3N3O5S. The second-order valence-corrected chi connectivity index (χ2v) is 8.23. The number of halogens is 3. The van der Waals surface area contributed by atoms with Crippen LogP contribution in [-0.4, -0.2) is 45.9 Å². The summed E-state index contributed by atoms with van der Waals surface area (Å²) >= 11 is 0. The van der Waals surface area contributed by atoms with E-state index in [1.165, 1.54) is 39.4 Å². The molecule has 1 amide bonds. The molecule has 0 saturated carbocycles. The number of benzene rings is 2. The first-order valence-electron chi connectivity index (χ1n) is 9.06. The minimum atomic E-state index is -5.48. The van der Waals surface area contributed by atoms with Crippen LogP contribution in [0.1, 0.15) is 29.7 Å². The summed E-state index contributed by atoms with van der Waals surface area (Å²) in [4.78, 5) is 21.2. The fourth-order valence-electron chi connectivity index (χ4n) is 2.56. The van der Waals surface area contributed by atoms with E-state index in [0.29, 0.717) is 11.1 Å². The molecule has 0 radical (unpaired) electrons. The van der Waals surface area contributed by atoms with Crippen molar-refractivity contribution in [3.8, 4) is 0 Å². The second kappa shape index (κ2) is 10.3. The number of oxime groups is 2. The van der Waals surface area contributed by atoms with Crippen LogP contribution >= 0.6 is 0 Å². The number of hydrogen-bond acceptors (Lipinski definition) is 7. The first-order chi connectivity index (χ1) is 15.0. The van der Waals surface area contributed by atoms with Gasteiger partial charge in [0.05, 0.1) is 11.1 Å². The zero-order valence-electron chi connectivity index (χ0n) is 17.3. The van der Waals surface area contributed by atoms with E-state index in [1.807, 2.05) is 0 Å². The molecule has 2 aromatic rings. The summed E-state index contributed by atoms with van der Waals surface area (Å²) in [5.74, 6) is -0.496. The van der Waals surface area contributed by atoms with Crippen molar-refractivity contribution in [1.29, 1.82) is 0 Å². The van der Waals surface area contributed by atoms with Gasteiger partial charge in [0, 0.05) is 18.2 Å². The number of rotatable bonds is 8. The van der Waals surface area contributed by atoms with Gasteiger partial charge in [-0.25, -0.2) is 8.42 Å². The maximum absolute atomic E-state index is 12.8. The molecule has 2 aromatic carbocycles. The number of alkyl halides is 3. The maximum atomic E-state index is 12.8. The second-order valence-electron chi connectivity index (χ2n) is 6.29. The van der Waals surface area contributed by atoms with E-state index in [0.717, 1.165) is 12.1 Å². The van der Waals surface area contributed by atoms with Crippen molar-refractivity contribution < 1.29 is 36.1 Å². The van der Waals surface area contributed by atoms with Crippen molar-refractivity contribution in [2.45, 2.75) is 23.4 Å². The zero-order chi connectivity index (χ0) is 23.9. The van der Waals surface area contributed by atoms with E-state index >= 15 is 0 Å². The lowest BCUT2D eigenvalue weighted by Gasteiger charge is -2.13. The van der Waals surface area contributed by atoms with Gasteiger partial charge >= 0.3 is 5.51 Å². The summed E-state index contributed by atoms with van der Waals surface area (Å²) in [6, 6.07) is 11.0. The van der Waals surface area contributed by atoms with Gasteiger partial charge < -0.3 is 15.0 Å². The molecule has 1 unspecified atom stereocenters. The summed E-state index contributed by atoms with van der Waals surface area (Å²) < 4.78 is 61.6. The lowest BCUT2D eigenvalue weighted by Crippen LogP contribution is -2.29. The molecule has 0 fully saturated rings. The van der Waals surface area contributed by atoms with Gasteiger partial charge in [-0.3, -0.25) is 4.79 Å². The van der Waals surface area contributed by atoms with Gasteiger partial charge in [-0.1, -0.05) is 46.7 Å². The van der Waals surface area contributed by atoms with Crippen LogP contribution in [0.15, 0.2) is 63.7 Å². The fraction of sp³-hybridized carbons (Fsp3) is 0.250. The highest BCUT2D eigenvalue weighted by Crippen LogP contribution is 2.31. The normalized spacial score (nSPS) is 13.6. The molecule has 8 nitrogen and oxygen atoms in total. The Labute approximate surface area is 182 Å². The van der Waals surface area contributed by atoms with Crippen LogP contribution in [0.5, 0.6) is 0 Å². The molecular weight excluding hydrogens is 451 g/mol. The topological polar surface area (TPSA) is 106 Å². The van der Waals surface area contributed by atoms with Crippen molar-refractivity contribution in [1.82, 2.24) is 5.32 Å². The van der Waals surface area contributed by atoms with Crippen molar-refractivity contribution in [2.75, 3.05) is 14.2 Å². The molecule has 0 aliphatic carbocycles. The molecule has 12 heteroatoms. The number of nitrogens with one attached hydrogen (secondary N) is 1. The van der Waals surface area contributed by atoms with Crippen molar-refractivity contribution >= 4 is 27.7 Å². The van der Waals surface area contributed by atoms with Gasteiger partial charge in [0.2, 0.25) is 0 Å². The largest absolute Gasteiger partial charge is 0.501 e. The standard InChI is InChI=1S/C20H20F3N3O5S/c1-13(14-8-6-9-16(11-14)32(28,29)20(21,22)23)31-25-12-15-7-4-5-10-17(15)18(26-30-3)19(27)24-2/h4-13H,1-3H3,(H,24,27)/b25-12+,26-18+. The molecule has 0 heterocycles. The van der Waals surface area contributed by atoms with E-state index in [-0.39, 0.29) is 11.3 Å². The fourth-order valence-corrected chi connectivity index (χ4v) is 3.37. The number of carbonyl (C=O) groups excluding carboxylic acids is 1. The molecule has 1 atom stereocenters. The third-order valence-corrected chi connectivity index (χ3v) is 5.68. The Hall–Kier alpha value is -3.41. The number of hydrogen-bond donors (Lipinski definition) is 1. The van der Waals surface area contributed by atoms with Gasteiger partial charge in [0.25, 0.3) is 15.7 Å². The molecule has 1 N–H and O–H groups in total. The number of sulfone groups is 1. The number of carbonyl (C=O) groups is 1. The predicted molar refractivity (Wildman–Crippen MR) is 111 cm³/mol. The lowest BCUT2D eigenvalue weighted by molar-refractivity contribution is -0.114. The first kappa shape index (κ1) is 24.9. The molecule has 32 heavy (non-hydrogen) atoms. The first-order valence-corrected chi connectivity index (χ1v) is 10.5. The van der Waals surface area contributed by atoms with Gasteiger partial charge in [-0.05, 0) is 24.6 Å². The van der Waals surface area contributed by atoms with Crippen molar-refractivity contribution in [3.05, 3.63) is 65.2 Å². The average Bonchev–Trinajstić information content (AvgIpc) is 2.76. The van der Waals surface area contributed by atoms with E-state index in [2.05, 4.69) is 15.6 Å². The molecule has 0 aromatic heterocycles. The Kier molecular flexibility index (Phi) is 7.97. The highest BCUT2D eigenvalue weighted by molar-refractivity contribution is 7.92. The van der Waals surface area contributed by atoms with Crippen LogP contribution in [0.25, 0.3) is 0 Å². The monoisotopic (exact) mass is 471 g/mol. The molecule has 0 spiro atoms. The number of amides is 1. The highest BCUT2D eigenvalue weighted by atomic mass is 32.2. The number of nitrogens with zero attached hydrogens (tertiary/aromatic N) is 2. The van der Waals surface area contributed by atoms with Gasteiger partial charge in [0.15, 0.2) is 5.71 Å². The quantitative estimate of drug-likeness (QED) is 0.470. The Bertz CT molecular complexity index is 1130. The number of likely N-dealkylation sites (N-methyl/N-ethyl adjacent to an activating group) is 1. The molecule has 0 aliphatic rings. The molecule has 0 saturated heterocycles. The van der Waals surface area contributed by atoms with E-state index in [1.54, 1.807) is 24.3 Å². The highest BCUT2D eigenvalue weighted by Gasteiger charge is 2.46. The molecule has 172 valence electrons.